The maximum absolute atomic E-state index is 15.0. The molecule has 3 aromatic rings. The van der Waals surface area contributed by atoms with Gasteiger partial charge in [0.05, 0.1) is 23.0 Å². The minimum Gasteiger partial charge on any atom is -0.481 e. The zero-order valence-electron chi connectivity index (χ0n) is 16.5. The van der Waals surface area contributed by atoms with Crippen LogP contribution >= 0.6 is 11.6 Å². The number of hydrogen-bond acceptors (Lipinski definition) is 4. The van der Waals surface area contributed by atoms with Gasteiger partial charge in [0.2, 0.25) is 0 Å². The Hall–Kier alpha value is -3.32. The Morgan fingerprint density at radius 2 is 1.73 bits per heavy atom. The van der Waals surface area contributed by atoms with E-state index in [4.69, 9.17) is 22.4 Å². The van der Waals surface area contributed by atoms with Crippen molar-refractivity contribution in [2.24, 2.45) is 5.73 Å². The third-order valence-corrected chi connectivity index (χ3v) is 5.19. The number of amides is 1. The summed E-state index contributed by atoms with van der Waals surface area (Å²) in [6, 6.07) is 9.23. The van der Waals surface area contributed by atoms with E-state index in [0.29, 0.717) is 33.8 Å². The highest BCUT2D eigenvalue weighted by molar-refractivity contribution is 6.33. The van der Waals surface area contributed by atoms with Gasteiger partial charge >= 0.3 is 5.97 Å². The number of aryl methyl sites for hydroxylation is 2. The van der Waals surface area contributed by atoms with Crippen molar-refractivity contribution in [3.8, 4) is 22.4 Å². The van der Waals surface area contributed by atoms with Crippen LogP contribution in [0.5, 0.6) is 0 Å². The first-order chi connectivity index (χ1) is 14.1. The third-order valence-electron chi connectivity index (χ3n) is 4.87. The highest BCUT2D eigenvalue weighted by Crippen LogP contribution is 2.34. The molecule has 1 atom stereocenters. The first kappa shape index (κ1) is 21.4. The summed E-state index contributed by atoms with van der Waals surface area (Å²) in [5.41, 5.74) is 8.34. The maximum Gasteiger partial charge on any atom is 0.310 e. The number of carbonyl (C=O) groups is 2. The van der Waals surface area contributed by atoms with Crippen molar-refractivity contribution in [1.82, 2.24) is 9.97 Å². The van der Waals surface area contributed by atoms with Gasteiger partial charge in [0, 0.05) is 21.7 Å². The Kier molecular flexibility index (Phi) is 5.85. The molecular formula is C22H19ClFN3O3. The highest BCUT2D eigenvalue weighted by Gasteiger charge is 2.18. The minimum atomic E-state index is -0.973. The fourth-order valence-electron chi connectivity index (χ4n) is 3.18. The van der Waals surface area contributed by atoms with Crippen LogP contribution in [0.4, 0.5) is 4.39 Å². The van der Waals surface area contributed by atoms with E-state index in [9.17, 15) is 14.0 Å². The van der Waals surface area contributed by atoms with Crippen molar-refractivity contribution in [3.05, 3.63) is 69.9 Å². The summed E-state index contributed by atoms with van der Waals surface area (Å²) < 4.78 is 15.0. The van der Waals surface area contributed by atoms with Crippen LogP contribution in [0.2, 0.25) is 5.02 Å². The molecule has 8 heteroatoms. The van der Waals surface area contributed by atoms with Crippen LogP contribution in [0.1, 0.15) is 40.3 Å². The second-order valence-corrected chi connectivity index (χ2v) is 7.36. The molecule has 3 rings (SSSR count). The summed E-state index contributed by atoms with van der Waals surface area (Å²) in [4.78, 5) is 31.3. The lowest BCUT2D eigenvalue weighted by Gasteiger charge is -2.13. The largest absolute Gasteiger partial charge is 0.481 e. The van der Waals surface area contributed by atoms with Gasteiger partial charge in [-0.25, -0.2) is 9.37 Å². The number of halogens is 2. The molecule has 0 radical (unpaired) electrons. The summed E-state index contributed by atoms with van der Waals surface area (Å²) in [7, 11) is 0. The van der Waals surface area contributed by atoms with Gasteiger partial charge in [-0.15, -0.1) is 0 Å². The van der Waals surface area contributed by atoms with E-state index >= 15 is 0 Å². The molecule has 154 valence electrons. The van der Waals surface area contributed by atoms with Gasteiger partial charge in [0.15, 0.2) is 0 Å². The Bertz CT molecular complexity index is 1180. The molecule has 0 aliphatic rings. The van der Waals surface area contributed by atoms with E-state index in [1.807, 2.05) is 0 Å². The van der Waals surface area contributed by atoms with Gasteiger partial charge < -0.3 is 10.8 Å². The monoisotopic (exact) mass is 427 g/mol. The molecule has 0 fully saturated rings. The molecule has 0 aliphatic heterocycles. The molecule has 0 aliphatic carbocycles. The lowest BCUT2D eigenvalue weighted by molar-refractivity contribution is -0.138. The smallest absolute Gasteiger partial charge is 0.310 e. The van der Waals surface area contributed by atoms with E-state index in [1.165, 1.54) is 12.1 Å². The van der Waals surface area contributed by atoms with E-state index in [1.54, 1.807) is 45.0 Å². The molecule has 0 bridgehead atoms. The first-order valence-corrected chi connectivity index (χ1v) is 9.45. The number of carbonyl (C=O) groups excluding carboxylic acids is 1. The quantitative estimate of drug-likeness (QED) is 0.623. The van der Waals surface area contributed by atoms with Crippen LogP contribution < -0.4 is 5.73 Å². The first-order valence-electron chi connectivity index (χ1n) is 9.07. The molecule has 1 heterocycles. The summed E-state index contributed by atoms with van der Waals surface area (Å²) in [6.07, 6.45) is 0. The van der Waals surface area contributed by atoms with Crippen molar-refractivity contribution in [3.63, 3.8) is 0 Å². The van der Waals surface area contributed by atoms with Gasteiger partial charge in [0.1, 0.15) is 11.5 Å². The summed E-state index contributed by atoms with van der Waals surface area (Å²) >= 11 is 6.31. The third kappa shape index (κ3) is 4.02. The molecule has 1 aromatic heterocycles. The van der Waals surface area contributed by atoms with Gasteiger partial charge in [-0.05, 0) is 38.5 Å². The zero-order chi connectivity index (χ0) is 22.2. The SMILES string of the molecule is Cc1nc(C)c(-c2ccc(-c3ccc(C(C)C(=O)O)cc3Cl)c(F)c2)nc1C(N)=O. The van der Waals surface area contributed by atoms with Crippen LogP contribution in [0, 0.1) is 19.7 Å². The van der Waals surface area contributed by atoms with Crippen molar-refractivity contribution >= 4 is 23.5 Å². The fraction of sp³-hybridized carbons (Fsp3) is 0.182. The Balaban J connectivity index is 2.04. The normalized spacial score (nSPS) is 11.9. The molecule has 2 aromatic carbocycles. The van der Waals surface area contributed by atoms with Crippen LogP contribution in [0.15, 0.2) is 36.4 Å². The molecule has 0 saturated heterocycles. The lowest BCUT2D eigenvalue weighted by atomic mass is 9.96. The number of carboxylic acid groups (broad SMARTS) is 1. The number of primary amides is 1. The molecule has 1 amide bonds. The van der Waals surface area contributed by atoms with Crippen LogP contribution in [0.3, 0.4) is 0 Å². The molecule has 1 unspecified atom stereocenters. The standard InChI is InChI=1S/C22H19ClFN3O3/c1-10(22(29)30)13-4-6-15(17(23)8-13)16-7-5-14(9-18(16)24)19-11(2)26-12(3)20(27-19)21(25)28/h4-10H,1-3H3,(H2,25,28)(H,29,30). The number of rotatable bonds is 5. The molecule has 6 nitrogen and oxygen atoms in total. The summed E-state index contributed by atoms with van der Waals surface area (Å²) in [6.45, 7) is 4.89. The van der Waals surface area contributed by atoms with Crippen molar-refractivity contribution < 1.29 is 19.1 Å². The van der Waals surface area contributed by atoms with Gasteiger partial charge in [-0.3, -0.25) is 14.6 Å². The van der Waals surface area contributed by atoms with Crippen molar-refractivity contribution in [2.75, 3.05) is 0 Å². The molecular weight excluding hydrogens is 409 g/mol. The van der Waals surface area contributed by atoms with Crippen LogP contribution in [0.25, 0.3) is 22.4 Å². The Morgan fingerprint density at radius 3 is 2.30 bits per heavy atom. The van der Waals surface area contributed by atoms with E-state index < -0.39 is 23.6 Å². The maximum atomic E-state index is 15.0. The van der Waals surface area contributed by atoms with E-state index in [-0.39, 0.29) is 16.3 Å². The number of nitrogens with zero attached hydrogens (tertiary/aromatic N) is 2. The van der Waals surface area contributed by atoms with Crippen molar-refractivity contribution in [2.45, 2.75) is 26.7 Å². The number of aliphatic carboxylic acids is 1. The highest BCUT2D eigenvalue weighted by atomic mass is 35.5. The minimum absolute atomic E-state index is 0.0336. The van der Waals surface area contributed by atoms with Crippen LogP contribution in [-0.4, -0.2) is 27.0 Å². The average molecular weight is 428 g/mol. The lowest BCUT2D eigenvalue weighted by Crippen LogP contribution is -2.17. The molecule has 0 saturated carbocycles. The number of nitrogens with two attached hydrogens (primary N) is 1. The van der Waals surface area contributed by atoms with Crippen LogP contribution in [-0.2, 0) is 4.79 Å². The van der Waals surface area contributed by atoms with Gasteiger partial charge in [-0.1, -0.05) is 35.9 Å². The summed E-state index contributed by atoms with van der Waals surface area (Å²) in [5.74, 6) is -2.96. The summed E-state index contributed by atoms with van der Waals surface area (Å²) in [5, 5.41) is 9.39. The van der Waals surface area contributed by atoms with Crippen molar-refractivity contribution in [1.29, 1.82) is 0 Å². The Labute approximate surface area is 177 Å². The number of benzene rings is 2. The average Bonchev–Trinajstić information content (AvgIpc) is 2.67. The van der Waals surface area contributed by atoms with E-state index in [2.05, 4.69) is 9.97 Å². The predicted octanol–water partition coefficient (Wildman–Crippen LogP) is 4.51. The number of hydrogen-bond donors (Lipinski definition) is 2. The predicted molar refractivity (Wildman–Crippen MR) is 112 cm³/mol. The Morgan fingerprint density at radius 1 is 1.07 bits per heavy atom. The molecule has 30 heavy (non-hydrogen) atoms. The zero-order valence-corrected chi connectivity index (χ0v) is 17.3. The fourth-order valence-corrected chi connectivity index (χ4v) is 3.47. The van der Waals surface area contributed by atoms with Gasteiger partial charge in [-0.2, -0.15) is 0 Å². The topological polar surface area (TPSA) is 106 Å². The van der Waals surface area contributed by atoms with Gasteiger partial charge in [0.25, 0.3) is 5.91 Å². The molecule has 3 N–H and O–H groups in total. The second-order valence-electron chi connectivity index (χ2n) is 6.95. The second kappa shape index (κ2) is 8.20. The molecule has 0 spiro atoms. The number of carboxylic acids is 1. The number of aromatic nitrogens is 2. The van der Waals surface area contributed by atoms with E-state index in [0.717, 1.165) is 0 Å².